The van der Waals surface area contributed by atoms with Crippen molar-refractivity contribution < 1.29 is 9.53 Å². The van der Waals surface area contributed by atoms with Crippen LogP contribution in [0.3, 0.4) is 0 Å². The summed E-state index contributed by atoms with van der Waals surface area (Å²) in [5.41, 5.74) is 12.3. The molecule has 0 aromatic carbocycles. The van der Waals surface area contributed by atoms with E-state index >= 15 is 0 Å². The smallest absolute Gasteiger partial charge is 0.345 e. The lowest BCUT2D eigenvalue weighted by atomic mass is 10.1. The van der Waals surface area contributed by atoms with E-state index in [-0.39, 0.29) is 6.04 Å². The van der Waals surface area contributed by atoms with Gasteiger partial charge in [-0.15, -0.1) is 0 Å². The van der Waals surface area contributed by atoms with Gasteiger partial charge in [0.05, 0.1) is 7.11 Å². The zero-order chi connectivity index (χ0) is 14.0. The fourth-order valence-corrected chi connectivity index (χ4v) is 2.42. The minimum absolute atomic E-state index is 0.104. The third kappa shape index (κ3) is 2.51. The van der Waals surface area contributed by atoms with E-state index in [0.29, 0.717) is 30.3 Å². The van der Waals surface area contributed by atoms with E-state index < -0.39 is 5.97 Å². The first-order valence-corrected chi connectivity index (χ1v) is 6.53. The highest BCUT2D eigenvalue weighted by Crippen LogP contribution is 2.28. The SMILES string of the molecule is CCn1nc(N2CCCC(N)C2)c(C(=O)OC)c1N. The van der Waals surface area contributed by atoms with E-state index in [1.54, 1.807) is 4.68 Å². The third-order valence-corrected chi connectivity index (χ3v) is 3.42. The number of carbonyl (C=O) groups excluding carboxylic acids is 1. The molecule has 1 aliphatic heterocycles. The molecule has 2 heterocycles. The summed E-state index contributed by atoms with van der Waals surface area (Å²) >= 11 is 0. The molecule has 0 saturated carbocycles. The molecule has 1 atom stereocenters. The largest absolute Gasteiger partial charge is 0.465 e. The highest BCUT2D eigenvalue weighted by atomic mass is 16.5. The maximum atomic E-state index is 11.9. The number of hydrogen-bond acceptors (Lipinski definition) is 6. The van der Waals surface area contributed by atoms with E-state index in [1.807, 2.05) is 11.8 Å². The van der Waals surface area contributed by atoms with Gasteiger partial charge < -0.3 is 21.1 Å². The predicted molar refractivity (Wildman–Crippen MR) is 73.1 cm³/mol. The molecule has 0 aliphatic carbocycles. The van der Waals surface area contributed by atoms with Crippen LogP contribution >= 0.6 is 0 Å². The molecule has 1 aromatic rings. The molecular formula is C12H21N5O2. The van der Waals surface area contributed by atoms with Crippen LogP contribution in [-0.4, -0.2) is 42.0 Å². The van der Waals surface area contributed by atoms with Gasteiger partial charge in [0.15, 0.2) is 5.82 Å². The zero-order valence-electron chi connectivity index (χ0n) is 11.4. The number of ether oxygens (including phenoxy) is 1. The number of carbonyl (C=O) groups is 1. The molecule has 1 fully saturated rings. The number of anilines is 2. The number of aromatic nitrogens is 2. The summed E-state index contributed by atoms with van der Waals surface area (Å²) in [6, 6.07) is 0.104. The van der Waals surface area contributed by atoms with Crippen molar-refractivity contribution in [3.8, 4) is 0 Å². The monoisotopic (exact) mass is 267 g/mol. The van der Waals surface area contributed by atoms with E-state index in [1.165, 1.54) is 7.11 Å². The molecular weight excluding hydrogens is 246 g/mol. The van der Waals surface area contributed by atoms with Crippen LogP contribution < -0.4 is 16.4 Å². The van der Waals surface area contributed by atoms with Crippen molar-refractivity contribution in [2.45, 2.75) is 32.4 Å². The summed E-state index contributed by atoms with van der Waals surface area (Å²) in [4.78, 5) is 13.9. The zero-order valence-corrected chi connectivity index (χ0v) is 11.4. The lowest BCUT2D eigenvalue weighted by Gasteiger charge is -2.31. The van der Waals surface area contributed by atoms with Crippen LogP contribution in [0.4, 0.5) is 11.6 Å². The van der Waals surface area contributed by atoms with E-state index in [4.69, 9.17) is 16.2 Å². The standard InChI is InChI=1S/C12H21N5O2/c1-3-17-10(14)9(12(18)19-2)11(15-17)16-6-4-5-8(13)7-16/h8H,3-7,13-14H2,1-2H3. The summed E-state index contributed by atoms with van der Waals surface area (Å²) < 4.78 is 6.42. The molecule has 106 valence electrons. The molecule has 0 spiro atoms. The fraction of sp³-hybridized carbons (Fsp3) is 0.667. The van der Waals surface area contributed by atoms with Crippen LogP contribution in [0, 0.1) is 0 Å². The summed E-state index contributed by atoms with van der Waals surface area (Å²) in [6.07, 6.45) is 1.98. The first-order valence-electron chi connectivity index (χ1n) is 6.53. The second-order valence-electron chi connectivity index (χ2n) is 4.74. The van der Waals surface area contributed by atoms with E-state index in [2.05, 4.69) is 5.10 Å². The second-order valence-corrected chi connectivity index (χ2v) is 4.74. The van der Waals surface area contributed by atoms with Gasteiger partial charge in [-0.2, -0.15) is 5.10 Å². The number of piperidine rings is 1. The second kappa shape index (κ2) is 5.48. The van der Waals surface area contributed by atoms with Crippen LogP contribution in [0.5, 0.6) is 0 Å². The first kappa shape index (κ1) is 13.7. The van der Waals surface area contributed by atoms with Gasteiger partial charge in [0.1, 0.15) is 11.4 Å². The Balaban J connectivity index is 2.40. The van der Waals surface area contributed by atoms with Crippen molar-refractivity contribution in [3.05, 3.63) is 5.56 Å². The Hall–Kier alpha value is -1.76. The maximum absolute atomic E-state index is 11.9. The Kier molecular flexibility index (Phi) is 3.94. The van der Waals surface area contributed by atoms with Gasteiger partial charge in [0, 0.05) is 25.7 Å². The van der Waals surface area contributed by atoms with Gasteiger partial charge in [-0.25, -0.2) is 9.48 Å². The molecule has 1 aromatic heterocycles. The molecule has 2 rings (SSSR count). The average Bonchev–Trinajstić information content (AvgIpc) is 2.75. The fourth-order valence-electron chi connectivity index (χ4n) is 2.42. The van der Waals surface area contributed by atoms with Gasteiger partial charge in [-0.3, -0.25) is 0 Å². The maximum Gasteiger partial charge on any atom is 0.345 e. The molecule has 0 bridgehead atoms. The molecule has 1 aliphatic rings. The highest BCUT2D eigenvalue weighted by Gasteiger charge is 2.28. The lowest BCUT2D eigenvalue weighted by molar-refractivity contribution is 0.0602. The predicted octanol–water partition coefficient (Wildman–Crippen LogP) is 0.199. The Labute approximate surface area is 112 Å². The average molecular weight is 267 g/mol. The number of nitrogens with zero attached hydrogens (tertiary/aromatic N) is 3. The minimum atomic E-state index is -0.452. The first-order chi connectivity index (χ1) is 9.08. The van der Waals surface area contributed by atoms with Crippen molar-refractivity contribution in [2.75, 3.05) is 30.8 Å². The molecule has 19 heavy (non-hydrogen) atoms. The number of hydrogen-bond donors (Lipinski definition) is 2. The number of aryl methyl sites for hydroxylation is 1. The lowest BCUT2D eigenvalue weighted by Crippen LogP contribution is -2.43. The Morgan fingerprint density at radius 3 is 2.89 bits per heavy atom. The molecule has 7 nitrogen and oxygen atoms in total. The van der Waals surface area contributed by atoms with Crippen molar-refractivity contribution in [2.24, 2.45) is 5.73 Å². The molecule has 0 amide bonds. The van der Waals surface area contributed by atoms with Crippen LogP contribution in [0.15, 0.2) is 0 Å². The summed E-state index contributed by atoms with van der Waals surface area (Å²) in [5, 5.41) is 4.42. The summed E-state index contributed by atoms with van der Waals surface area (Å²) in [6.45, 7) is 4.05. The van der Waals surface area contributed by atoms with Crippen LogP contribution in [0.2, 0.25) is 0 Å². The number of nitrogens with two attached hydrogens (primary N) is 2. The van der Waals surface area contributed by atoms with Crippen LogP contribution in [0.25, 0.3) is 0 Å². The van der Waals surface area contributed by atoms with Crippen LogP contribution in [0.1, 0.15) is 30.1 Å². The Morgan fingerprint density at radius 2 is 2.32 bits per heavy atom. The van der Waals surface area contributed by atoms with Crippen molar-refractivity contribution in [3.63, 3.8) is 0 Å². The van der Waals surface area contributed by atoms with Crippen LogP contribution in [-0.2, 0) is 11.3 Å². The number of esters is 1. The Morgan fingerprint density at radius 1 is 1.58 bits per heavy atom. The summed E-state index contributed by atoms with van der Waals surface area (Å²) in [7, 11) is 1.34. The van der Waals surface area contributed by atoms with E-state index in [0.717, 1.165) is 19.4 Å². The van der Waals surface area contributed by atoms with Gasteiger partial charge in [0.2, 0.25) is 0 Å². The molecule has 1 saturated heterocycles. The molecule has 1 unspecified atom stereocenters. The Bertz CT molecular complexity index is 471. The van der Waals surface area contributed by atoms with Gasteiger partial charge in [-0.1, -0.05) is 0 Å². The topological polar surface area (TPSA) is 99.4 Å². The number of rotatable bonds is 3. The van der Waals surface area contributed by atoms with E-state index in [9.17, 15) is 4.79 Å². The third-order valence-electron chi connectivity index (χ3n) is 3.42. The minimum Gasteiger partial charge on any atom is -0.465 e. The normalized spacial score (nSPS) is 19.5. The van der Waals surface area contributed by atoms with Gasteiger partial charge >= 0.3 is 5.97 Å². The number of methoxy groups -OCH3 is 1. The molecule has 0 radical (unpaired) electrons. The quantitative estimate of drug-likeness (QED) is 0.759. The van der Waals surface area contributed by atoms with Gasteiger partial charge in [0.25, 0.3) is 0 Å². The van der Waals surface area contributed by atoms with Crippen molar-refractivity contribution >= 4 is 17.6 Å². The molecule has 4 N–H and O–H groups in total. The van der Waals surface area contributed by atoms with Crippen molar-refractivity contribution in [1.29, 1.82) is 0 Å². The number of nitrogen functional groups attached to an aromatic ring is 1. The highest BCUT2D eigenvalue weighted by molar-refractivity contribution is 5.99. The van der Waals surface area contributed by atoms with Crippen molar-refractivity contribution in [1.82, 2.24) is 9.78 Å². The summed E-state index contributed by atoms with van der Waals surface area (Å²) in [5.74, 6) is 0.483. The molecule has 7 heteroatoms. The van der Waals surface area contributed by atoms with Gasteiger partial charge in [-0.05, 0) is 19.8 Å².